The maximum atomic E-state index is 12.3. The lowest BCUT2D eigenvalue weighted by Crippen LogP contribution is -2.45. The molecule has 0 unspecified atom stereocenters. The number of nitrogens with zero attached hydrogens (tertiary/aromatic N) is 4. The molecule has 6 nitrogen and oxygen atoms in total. The van der Waals surface area contributed by atoms with E-state index >= 15 is 0 Å². The molecular formula is C14H15N5OS. The van der Waals surface area contributed by atoms with Gasteiger partial charge < -0.3 is 5.32 Å². The Morgan fingerprint density at radius 1 is 1.52 bits per heavy atom. The lowest BCUT2D eigenvalue weighted by Gasteiger charge is -2.21. The number of thiazole rings is 1. The van der Waals surface area contributed by atoms with Gasteiger partial charge in [-0.2, -0.15) is 10.4 Å². The molecule has 2 heterocycles. The summed E-state index contributed by atoms with van der Waals surface area (Å²) >= 11 is 1.40. The third-order valence-electron chi connectivity index (χ3n) is 3.71. The summed E-state index contributed by atoms with van der Waals surface area (Å²) in [6.07, 6.45) is 6.96. The van der Waals surface area contributed by atoms with Crippen LogP contribution in [0.2, 0.25) is 0 Å². The number of hydrogen-bond donors (Lipinski definition) is 1. The van der Waals surface area contributed by atoms with Gasteiger partial charge in [-0.15, -0.1) is 11.3 Å². The van der Waals surface area contributed by atoms with Gasteiger partial charge >= 0.3 is 0 Å². The third kappa shape index (κ3) is 2.67. The van der Waals surface area contributed by atoms with Crippen LogP contribution in [0.25, 0.3) is 10.6 Å². The summed E-state index contributed by atoms with van der Waals surface area (Å²) in [7, 11) is 1.83. The lowest BCUT2D eigenvalue weighted by molar-refractivity contribution is 0.0916. The Labute approximate surface area is 126 Å². The van der Waals surface area contributed by atoms with Gasteiger partial charge in [0.25, 0.3) is 5.91 Å². The first-order valence-corrected chi connectivity index (χ1v) is 7.68. The first kappa shape index (κ1) is 13.8. The number of carbonyl (C=O) groups is 1. The van der Waals surface area contributed by atoms with Crippen molar-refractivity contribution in [2.45, 2.75) is 31.2 Å². The molecule has 0 radical (unpaired) electrons. The van der Waals surface area contributed by atoms with Crippen molar-refractivity contribution in [1.82, 2.24) is 20.1 Å². The van der Waals surface area contributed by atoms with Crippen LogP contribution < -0.4 is 5.32 Å². The standard InChI is InChI=1S/C14H15N5OS/c1-19-7-10(6-16-19)13-17-11(8-21-13)12(20)18-14(9-15)4-2-3-5-14/h6-8H,2-5H2,1H3,(H,18,20). The second-order valence-corrected chi connectivity index (χ2v) is 6.15. The first-order chi connectivity index (χ1) is 10.1. The number of nitrogens with one attached hydrogen (secondary N) is 1. The van der Waals surface area contributed by atoms with Gasteiger partial charge in [-0.3, -0.25) is 9.48 Å². The van der Waals surface area contributed by atoms with Gasteiger partial charge in [0.1, 0.15) is 16.2 Å². The SMILES string of the molecule is Cn1cc(-c2nc(C(=O)NC3(C#N)CCCC3)cs2)cn1. The molecule has 1 fully saturated rings. The van der Waals surface area contributed by atoms with Crippen molar-refractivity contribution in [3.8, 4) is 16.6 Å². The number of aryl methyl sites for hydroxylation is 1. The molecule has 0 atom stereocenters. The van der Waals surface area contributed by atoms with Crippen molar-refractivity contribution >= 4 is 17.2 Å². The fourth-order valence-corrected chi connectivity index (χ4v) is 3.34. The summed E-state index contributed by atoms with van der Waals surface area (Å²) in [4.78, 5) is 16.6. The van der Waals surface area contributed by atoms with Crippen LogP contribution in [-0.4, -0.2) is 26.2 Å². The fraction of sp³-hybridized carbons (Fsp3) is 0.429. The van der Waals surface area contributed by atoms with Crippen LogP contribution >= 0.6 is 11.3 Å². The Morgan fingerprint density at radius 3 is 2.90 bits per heavy atom. The van der Waals surface area contributed by atoms with Crippen LogP contribution in [0.5, 0.6) is 0 Å². The molecule has 21 heavy (non-hydrogen) atoms. The Morgan fingerprint density at radius 2 is 2.29 bits per heavy atom. The molecule has 1 N–H and O–H groups in total. The molecule has 0 spiro atoms. The zero-order valence-corrected chi connectivity index (χ0v) is 12.5. The van der Waals surface area contributed by atoms with E-state index in [2.05, 4.69) is 21.5 Å². The van der Waals surface area contributed by atoms with E-state index in [1.54, 1.807) is 16.3 Å². The monoisotopic (exact) mass is 301 g/mol. The molecule has 2 aromatic heterocycles. The molecule has 1 aliphatic carbocycles. The van der Waals surface area contributed by atoms with E-state index < -0.39 is 5.54 Å². The molecule has 3 rings (SSSR count). The van der Waals surface area contributed by atoms with Crippen molar-refractivity contribution < 1.29 is 4.79 Å². The second-order valence-electron chi connectivity index (χ2n) is 5.30. The van der Waals surface area contributed by atoms with Gasteiger partial charge in [-0.05, 0) is 25.7 Å². The predicted octanol–water partition coefficient (Wildman–Crippen LogP) is 2.11. The number of rotatable bonds is 3. The highest BCUT2D eigenvalue weighted by Crippen LogP contribution is 2.29. The summed E-state index contributed by atoms with van der Waals surface area (Å²) < 4.78 is 1.69. The highest BCUT2D eigenvalue weighted by molar-refractivity contribution is 7.13. The smallest absolute Gasteiger partial charge is 0.272 e. The molecule has 7 heteroatoms. The lowest BCUT2D eigenvalue weighted by atomic mass is 10.00. The van der Waals surface area contributed by atoms with E-state index in [1.807, 2.05) is 13.2 Å². The van der Waals surface area contributed by atoms with E-state index in [4.69, 9.17) is 0 Å². The Kier molecular flexibility index (Phi) is 3.47. The van der Waals surface area contributed by atoms with Crippen LogP contribution in [0, 0.1) is 11.3 Å². The summed E-state index contributed by atoms with van der Waals surface area (Å²) in [5.74, 6) is -0.273. The van der Waals surface area contributed by atoms with Crippen molar-refractivity contribution in [1.29, 1.82) is 5.26 Å². The van der Waals surface area contributed by atoms with E-state index in [9.17, 15) is 10.1 Å². The number of amides is 1. The first-order valence-electron chi connectivity index (χ1n) is 6.80. The maximum Gasteiger partial charge on any atom is 0.272 e. The van der Waals surface area contributed by atoms with Crippen LogP contribution in [0.15, 0.2) is 17.8 Å². The zero-order valence-electron chi connectivity index (χ0n) is 11.7. The van der Waals surface area contributed by atoms with E-state index in [1.165, 1.54) is 11.3 Å². The maximum absolute atomic E-state index is 12.3. The van der Waals surface area contributed by atoms with Gasteiger partial charge in [0.2, 0.25) is 0 Å². The van der Waals surface area contributed by atoms with Gasteiger partial charge in [0, 0.05) is 24.2 Å². The molecule has 0 aromatic carbocycles. The quantitative estimate of drug-likeness (QED) is 0.941. The van der Waals surface area contributed by atoms with E-state index in [-0.39, 0.29) is 5.91 Å². The topological polar surface area (TPSA) is 83.6 Å². The largest absolute Gasteiger partial charge is 0.332 e. The summed E-state index contributed by atoms with van der Waals surface area (Å²) in [5, 5.41) is 18.7. The van der Waals surface area contributed by atoms with Crippen molar-refractivity contribution in [3.63, 3.8) is 0 Å². The van der Waals surface area contributed by atoms with Crippen LogP contribution in [0.1, 0.15) is 36.2 Å². The van der Waals surface area contributed by atoms with Gasteiger partial charge in [0.05, 0.1) is 12.3 Å². The number of nitriles is 1. The van der Waals surface area contributed by atoms with Crippen LogP contribution in [-0.2, 0) is 7.05 Å². The molecule has 1 amide bonds. The summed E-state index contributed by atoms with van der Waals surface area (Å²) in [5.41, 5.74) is 0.535. The average Bonchev–Trinajstić information content (AvgIpc) is 3.18. The number of aromatic nitrogens is 3. The normalized spacial score (nSPS) is 16.6. The third-order valence-corrected chi connectivity index (χ3v) is 4.60. The van der Waals surface area contributed by atoms with Crippen LogP contribution in [0.3, 0.4) is 0 Å². The van der Waals surface area contributed by atoms with Crippen LogP contribution in [0.4, 0.5) is 0 Å². The Hall–Kier alpha value is -2.20. The van der Waals surface area contributed by atoms with Crippen molar-refractivity contribution in [3.05, 3.63) is 23.5 Å². The minimum atomic E-state index is -0.713. The van der Waals surface area contributed by atoms with Crippen molar-refractivity contribution in [2.24, 2.45) is 7.05 Å². The van der Waals surface area contributed by atoms with E-state index in [0.717, 1.165) is 36.3 Å². The minimum Gasteiger partial charge on any atom is -0.332 e. The average molecular weight is 301 g/mol. The highest BCUT2D eigenvalue weighted by atomic mass is 32.1. The van der Waals surface area contributed by atoms with Crippen molar-refractivity contribution in [2.75, 3.05) is 0 Å². The molecule has 0 saturated heterocycles. The molecule has 2 aromatic rings. The molecular weight excluding hydrogens is 286 g/mol. The minimum absolute atomic E-state index is 0.273. The number of carbonyl (C=O) groups excluding carboxylic acids is 1. The molecule has 1 saturated carbocycles. The zero-order chi connectivity index (χ0) is 14.9. The van der Waals surface area contributed by atoms with Gasteiger partial charge in [0.15, 0.2) is 0 Å². The summed E-state index contributed by atoms with van der Waals surface area (Å²) in [6, 6.07) is 2.25. The van der Waals surface area contributed by atoms with Gasteiger partial charge in [-0.25, -0.2) is 4.98 Å². The predicted molar refractivity (Wildman–Crippen MR) is 78.6 cm³/mol. The molecule has 108 valence electrons. The molecule has 0 aliphatic heterocycles. The second kappa shape index (κ2) is 5.30. The highest BCUT2D eigenvalue weighted by Gasteiger charge is 2.36. The summed E-state index contributed by atoms with van der Waals surface area (Å²) in [6.45, 7) is 0. The Bertz CT molecular complexity index is 705. The fourth-order valence-electron chi connectivity index (χ4n) is 2.57. The van der Waals surface area contributed by atoms with Gasteiger partial charge in [-0.1, -0.05) is 0 Å². The molecule has 0 bridgehead atoms. The number of hydrogen-bond acceptors (Lipinski definition) is 5. The van der Waals surface area contributed by atoms with E-state index in [0.29, 0.717) is 5.69 Å². The Balaban J connectivity index is 1.77. The molecule has 1 aliphatic rings.